The standard InChI is InChI=1S/C14H18N4O2S/c1-3-12-9-17-10-13(15-8-14(17)16-12)11-4-6-18(7-5-11)21(2,19)20/h4,8-10H,3,5-7H2,1-2H3. The van der Waals surface area contributed by atoms with Crippen LogP contribution in [0.15, 0.2) is 24.7 Å². The van der Waals surface area contributed by atoms with Crippen molar-refractivity contribution in [1.82, 2.24) is 18.7 Å². The molecule has 6 nitrogen and oxygen atoms in total. The van der Waals surface area contributed by atoms with E-state index >= 15 is 0 Å². The molecule has 0 atom stereocenters. The number of hydrogen-bond donors (Lipinski definition) is 0. The molecule has 0 fully saturated rings. The maximum atomic E-state index is 11.5. The van der Waals surface area contributed by atoms with Crippen molar-refractivity contribution in [2.75, 3.05) is 19.3 Å². The molecule has 2 aromatic rings. The first-order valence-corrected chi connectivity index (χ1v) is 8.80. The summed E-state index contributed by atoms with van der Waals surface area (Å²) in [5, 5.41) is 0. The minimum atomic E-state index is -3.11. The third-order valence-corrected chi connectivity index (χ3v) is 4.99. The lowest BCUT2D eigenvalue weighted by Crippen LogP contribution is -2.33. The zero-order valence-corrected chi connectivity index (χ0v) is 13.0. The Morgan fingerprint density at radius 1 is 1.33 bits per heavy atom. The molecule has 1 aliphatic heterocycles. The van der Waals surface area contributed by atoms with Gasteiger partial charge in [-0.2, -0.15) is 4.31 Å². The van der Waals surface area contributed by atoms with Crippen molar-refractivity contribution in [2.45, 2.75) is 19.8 Å². The molecule has 7 heteroatoms. The van der Waals surface area contributed by atoms with Crippen LogP contribution >= 0.6 is 0 Å². The van der Waals surface area contributed by atoms with Crippen LogP contribution in [0, 0.1) is 0 Å². The number of imidazole rings is 1. The van der Waals surface area contributed by atoms with Gasteiger partial charge in [0, 0.05) is 25.5 Å². The summed E-state index contributed by atoms with van der Waals surface area (Å²) in [7, 11) is -3.11. The minimum Gasteiger partial charge on any atom is -0.303 e. The van der Waals surface area contributed by atoms with Crippen LogP contribution in [-0.2, 0) is 16.4 Å². The Balaban J connectivity index is 1.89. The SMILES string of the molecule is CCc1cn2cc(C3=CCN(S(C)(=O)=O)CC3)ncc2n1. The zero-order chi connectivity index (χ0) is 15.0. The fraction of sp³-hybridized carbons (Fsp3) is 0.429. The van der Waals surface area contributed by atoms with Crippen molar-refractivity contribution in [3.05, 3.63) is 36.1 Å². The van der Waals surface area contributed by atoms with Gasteiger partial charge in [0.25, 0.3) is 0 Å². The van der Waals surface area contributed by atoms with Crippen molar-refractivity contribution < 1.29 is 8.42 Å². The smallest absolute Gasteiger partial charge is 0.211 e. The number of nitrogens with zero attached hydrogens (tertiary/aromatic N) is 4. The largest absolute Gasteiger partial charge is 0.303 e. The molecule has 0 saturated heterocycles. The number of hydrogen-bond acceptors (Lipinski definition) is 4. The van der Waals surface area contributed by atoms with Crippen LogP contribution < -0.4 is 0 Å². The molecule has 21 heavy (non-hydrogen) atoms. The number of aryl methyl sites for hydroxylation is 1. The van der Waals surface area contributed by atoms with Gasteiger partial charge in [-0.05, 0) is 18.4 Å². The Hall–Kier alpha value is -1.73. The predicted molar refractivity (Wildman–Crippen MR) is 81.4 cm³/mol. The molecule has 0 saturated carbocycles. The summed E-state index contributed by atoms with van der Waals surface area (Å²) in [5.74, 6) is 0. The molecule has 0 spiro atoms. The first-order valence-electron chi connectivity index (χ1n) is 6.95. The molecule has 0 radical (unpaired) electrons. The Morgan fingerprint density at radius 2 is 2.14 bits per heavy atom. The van der Waals surface area contributed by atoms with E-state index in [1.54, 1.807) is 6.20 Å². The Labute approximate surface area is 124 Å². The average molecular weight is 306 g/mol. The second-order valence-electron chi connectivity index (χ2n) is 5.22. The lowest BCUT2D eigenvalue weighted by molar-refractivity contribution is 0.445. The van der Waals surface area contributed by atoms with Crippen LogP contribution in [0.25, 0.3) is 11.2 Å². The highest BCUT2D eigenvalue weighted by Gasteiger charge is 2.20. The molecule has 1 aliphatic rings. The lowest BCUT2D eigenvalue weighted by Gasteiger charge is -2.23. The van der Waals surface area contributed by atoms with Gasteiger partial charge in [0.05, 0.1) is 23.8 Å². The zero-order valence-electron chi connectivity index (χ0n) is 12.2. The van der Waals surface area contributed by atoms with Crippen LogP contribution in [-0.4, -0.2) is 46.4 Å². The Bertz CT molecular complexity index is 807. The normalized spacial score (nSPS) is 17.1. The van der Waals surface area contributed by atoms with Gasteiger partial charge in [0.2, 0.25) is 10.0 Å². The third-order valence-electron chi connectivity index (χ3n) is 3.72. The number of fused-ring (bicyclic) bond motifs is 1. The van der Waals surface area contributed by atoms with E-state index in [-0.39, 0.29) is 0 Å². The van der Waals surface area contributed by atoms with Crippen molar-refractivity contribution in [1.29, 1.82) is 0 Å². The van der Waals surface area contributed by atoms with E-state index in [9.17, 15) is 8.42 Å². The molecule has 0 N–H and O–H groups in total. The monoisotopic (exact) mass is 306 g/mol. The maximum absolute atomic E-state index is 11.5. The van der Waals surface area contributed by atoms with Crippen LogP contribution in [0.4, 0.5) is 0 Å². The second kappa shape index (κ2) is 5.23. The summed E-state index contributed by atoms with van der Waals surface area (Å²) in [6.07, 6.45) is 10.5. The van der Waals surface area contributed by atoms with Gasteiger partial charge < -0.3 is 4.40 Å². The molecule has 0 amide bonds. The molecular formula is C14H18N4O2S. The van der Waals surface area contributed by atoms with Gasteiger partial charge in [-0.15, -0.1) is 0 Å². The first kappa shape index (κ1) is 14.2. The van der Waals surface area contributed by atoms with Crippen LogP contribution in [0.1, 0.15) is 24.7 Å². The van der Waals surface area contributed by atoms with E-state index < -0.39 is 10.0 Å². The topological polar surface area (TPSA) is 67.6 Å². The van der Waals surface area contributed by atoms with E-state index in [1.165, 1.54) is 10.6 Å². The number of sulfonamides is 1. The van der Waals surface area contributed by atoms with Gasteiger partial charge >= 0.3 is 0 Å². The summed E-state index contributed by atoms with van der Waals surface area (Å²) >= 11 is 0. The van der Waals surface area contributed by atoms with E-state index in [4.69, 9.17) is 0 Å². The van der Waals surface area contributed by atoms with Gasteiger partial charge in [0.1, 0.15) is 0 Å². The highest BCUT2D eigenvalue weighted by atomic mass is 32.2. The summed E-state index contributed by atoms with van der Waals surface area (Å²) < 4.78 is 26.5. The van der Waals surface area contributed by atoms with E-state index in [2.05, 4.69) is 16.9 Å². The summed E-state index contributed by atoms with van der Waals surface area (Å²) in [4.78, 5) is 8.90. The second-order valence-corrected chi connectivity index (χ2v) is 7.21. The molecule has 0 unspecified atom stereocenters. The van der Waals surface area contributed by atoms with Crippen molar-refractivity contribution in [3.63, 3.8) is 0 Å². The highest BCUT2D eigenvalue weighted by molar-refractivity contribution is 7.88. The van der Waals surface area contributed by atoms with Crippen LogP contribution in [0.2, 0.25) is 0 Å². The molecule has 0 aliphatic carbocycles. The predicted octanol–water partition coefficient (Wildman–Crippen LogP) is 1.34. The maximum Gasteiger partial charge on any atom is 0.211 e. The molecule has 3 rings (SSSR count). The summed E-state index contributed by atoms with van der Waals surface area (Å²) in [6, 6.07) is 0. The van der Waals surface area contributed by atoms with Crippen molar-refractivity contribution in [3.8, 4) is 0 Å². The van der Waals surface area contributed by atoms with Gasteiger partial charge in [-0.1, -0.05) is 13.0 Å². The average Bonchev–Trinajstić information content (AvgIpc) is 2.88. The van der Waals surface area contributed by atoms with Gasteiger partial charge in [-0.3, -0.25) is 4.98 Å². The quantitative estimate of drug-likeness (QED) is 0.858. The molecule has 2 aromatic heterocycles. The molecule has 0 bridgehead atoms. The van der Waals surface area contributed by atoms with E-state index in [0.29, 0.717) is 19.5 Å². The third kappa shape index (κ3) is 2.84. The van der Waals surface area contributed by atoms with Gasteiger partial charge in [0.15, 0.2) is 5.65 Å². The van der Waals surface area contributed by atoms with E-state index in [1.807, 2.05) is 22.9 Å². The molecular weight excluding hydrogens is 288 g/mol. The molecule has 3 heterocycles. The minimum absolute atomic E-state index is 0.415. The molecule has 0 aromatic carbocycles. The van der Waals surface area contributed by atoms with Crippen LogP contribution in [0.5, 0.6) is 0 Å². The van der Waals surface area contributed by atoms with Crippen molar-refractivity contribution in [2.24, 2.45) is 0 Å². The lowest BCUT2D eigenvalue weighted by atomic mass is 10.1. The fourth-order valence-corrected chi connectivity index (χ4v) is 3.24. The fourth-order valence-electron chi connectivity index (χ4n) is 2.47. The summed E-state index contributed by atoms with van der Waals surface area (Å²) in [5.41, 5.74) is 3.85. The van der Waals surface area contributed by atoms with E-state index in [0.717, 1.165) is 29.0 Å². The number of aromatic nitrogens is 3. The van der Waals surface area contributed by atoms with Gasteiger partial charge in [-0.25, -0.2) is 13.4 Å². The molecule has 112 valence electrons. The number of rotatable bonds is 3. The Morgan fingerprint density at radius 3 is 2.76 bits per heavy atom. The first-order chi connectivity index (χ1) is 9.97. The highest BCUT2D eigenvalue weighted by Crippen LogP contribution is 2.22. The summed E-state index contributed by atoms with van der Waals surface area (Å²) in [6.45, 7) is 2.99. The Kier molecular flexibility index (Phi) is 3.54. The van der Waals surface area contributed by atoms with Crippen molar-refractivity contribution >= 4 is 21.2 Å². The van der Waals surface area contributed by atoms with Crippen LogP contribution in [0.3, 0.4) is 0 Å².